The van der Waals surface area contributed by atoms with Crippen LogP contribution in [0.2, 0.25) is 0 Å². The van der Waals surface area contributed by atoms with E-state index in [-0.39, 0.29) is 11.9 Å². The van der Waals surface area contributed by atoms with Gasteiger partial charge >= 0.3 is 0 Å². The Labute approximate surface area is 165 Å². The topological polar surface area (TPSA) is 98.2 Å². The molecule has 1 atom stereocenters. The maximum atomic E-state index is 12.4. The molecule has 28 heavy (non-hydrogen) atoms. The van der Waals surface area contributed by atoms with E-state index in [9.17, 15) is 4.79 Å². The van der Waals surface area contributed by atoms with Crippen molar-refractivity contribution in [3.05, 3.63) is 65.3 Å². The normalized spacial score (nSPS) is 15.3. The quantitative estimate of drug-likeness (QED) is 0.441. The Morgan fingerprint density at radius 3 is 2.93 bits per heavy atom. The summed E-state index contributed by atoms with van der Waals surface area (Å²) in [4.78, 5) is 21.7. The maximum absolute atomic E-state index is 12.4. The lowest BCUT2D eigenvalue weighted by Gasteiger charge is -2.11. The average Bonchev–Trinajstić information content (AvgIpc) is 3.41. The summed E-state index contributed by atoms with van der Waals surface area (Å²) < 4.78 is 1.73. The van der Waals surface area contributed by atoms with Gasteiger partial charge in [-0.25, -0.2) is 9.50 Å². The molecular formula is C20H22N6OS. The first-order chi connectivity index (χ1) is 13.7. The van der Waals surface area contributed by atoms with Crippen molar-refractivity contribution in [3.8, 4) is 11.3 Å². The first-order valence-corrected chi connectivity index (χ1v) is 10.6. The van der Waals surface area contributed by atoms with Gasteiger partial charge in [-0.2, -0.15) is 16.0 Å². The molecule has 1 aliphatic heterocycles. The average molecular weight is 395 g/mol. The molecule has 1 aliphatic rings. The Hall–Kier alpha value is -2.97. The van der Waals surface area contributed by atoms with Crippen molar-refractivity contribution in [3.63, 3.8) is 0 Å². The number of nitrogens with one attached hydrogen (secondary N) is 1. The molecule has 0 saturated carbocycles. The number of pyridine rings is 1. The van der Waals surface area contributed by atoms with Crippen LogP contribution < -0.4 is 11.1 Å². The van der Waals surface area contributed by atoms with Gasteiger partial charge in [0.25, 0.3) is 5.91 Å². The molecule has 0 fully saturated rings. The van der Waals surface area contributed by atoms with E-state index in [1.165, 1.54) is 0 Å². The van der Waals surface area contributed by atoms with Gasteiger partial charge in [-0.15, -0.1) is 0 Å². The number of hydrogen-bond acceptors (Lipinski definition) is 5. The lowest BCUT2D eigenvalue weighted by Crippen LogP contribution is -2.36. The Morgan fingerprint density at radius 2 is 2.14 bits per heavy atom. The van der Waals surface area contributed by atoms with Gasteiger partial charge in [0.05, 0.1) is 22.5 Å². The first kappa shape index (κ1) is 18.4. The van der Waals surface area contributed by atoms with Crippen LogP contribution in [-0.4, -0.2) is 38.1 Å². The SMILES string of the molecule is CCC(N)CNC(=O)c1ccnc(-c2cnn3ccc([SH]4C=CC=C4)nc23)c1. The summed E-state index contributed by atoms with van der Waals surface area (Å²) in [5, 5.41) is 12.6. The van der Waals surface area contributed by atoms with Crippen LogP contribution in [0.15, 0.2) is 64.8 Å². The molecule has 0 saturated heterocycles. The summed E-state index contributed by atoms with van der Waals surface area (Å²) in [5.74, 6) is -0.164. The van der Waals surface area contributed by atoms with E-state index in [2.05, 4.69) is 26.2 Å². The van der Waals surface area contributed by atoms with Crippen LogP contribution in [0.3, 0.4) is 0 Å². The summed E-state index contributed by atoms with van der Waals surface area (Å²) >= 11 is 0. The number of nitrogens with zero attached hydrogens (tertiary/aromatic N) is 4. The number of allylic oxidation sites excluding steroid dienone is 2. The van der Waals surface area contributed by atoms with Gasteiger partial charge in [0.1, 0.15) is 0 Å². The number of rotatable bonds is 6. The monoisotopic (exact) mass is 394 g/mol. The van der Waals surface area contributed by atoms with Crippen molar-refractivity contribution in [2.24, 2.45) is 5.73 Å². The minimum absolute atomic E-state index is 0.0480. The molecule has 0 radical (unpaired) electrons. The number of hydrogen-bond donors (Lipinski definition) is 3. The predicted molar refractivity (Wildman–Crippen MR) is 112 cm³/mol. The van der Waals surface area contributed by atoms with Crippen LogP contribution in [0.5, 0.6) is 0 Å². The summed E-state index contributed by atoms with van der Waals surface area (Å²) in [7, 11) is -0.515. The smallest absolute Gasteiger partial charge is 0.251 e. The van der Waals surface area contributed by atoms with Crippen LogP contribution in [0, 0.1) is 0 Å². The molecule has 1 amide bonds. The van der Waals surface area contributed by atoms with Crippen molar-refractivity contribution in [2.45, 2.75) is 24.4 Å². The number of aromatic nitrogens is 4. The van der Waals surface area contributed by atoms with Gasteiger partial charge in [-0.05, 0) is 35.4 Å². The standard InChI is InChI=1S/C20H22N6OS/c1-2-15(21)12-23-20(27)14-5-7-22-17(11-14)16-13-24-26-8-6-18(25-19(16)26)28-9-3-4-10-28/h3-11,13,15,28H,2,12,21H2,1H3,(H,23,27). The number of nitrogens with two attached hydrogens (primary N) is 1. The molecular weight excluding hydrogens is 372 g/mol. The number of carbonyl (C=O) groups is 1. The Kier molecular flexibility index (Phi) is 5.23. The highest BCUT2D eigenvalue weighted by molar-refractivity contribution is 8.22. The number of thiol groups is 1. The van der Waals surface area contributed by atoms with Crippen molar-refractivity contribution >= 4 is 22.4 Å². The van der Waals surface area contributed by atoms with Crippen LogP contribution in [0.1, 0.15) is 23.7 Å². The van der Waals surface area contributed by atoms with Crippen molar-refractivity contribution < 1.29 is 4.79 Å². The molecule has 4 heterocycles. The van der Waals surface area contributed by atoms with Crippen molar-refractivity contribution in [1.82, 2.24) is 24.9 Å². The van der Waals surface area contributed by atoms with Gasteiger partial charge in [0, 0.05) is 30.5 Å². The second kappa shape index (κ2) is 7.95. The number of fused-ring (bicyclic) bond motifs is 1. The lowest BCUT2D eigenvalue weighted by atomic mass is 10.1. The van der Waals surface area contributed by atoms with Crippen molar-refractivity contribution in [2.75, 3.05) is 6.54 Å². The molecule has 8 heteroatoms. The molecule has 3 aromatic rings. The molecule has 4 rings (SSSR count). The molecule has 3 N–H and O–H groups in total. The fourth-order valence-corrected chi connectivity index (χ4v) is 4.28. The largest absolute Gasteiger partial charge is 0.350 e. The molecule has 0 spiro atoms. The number of carbonyl (C=O) groups excluding carboxylic acids is 1. The molecule has 0 bridgehead atoms. The first-order valence-electron chi connectivity index (χ1n) is 9.13. The second-order valence-corrected chi connectivity index (χ2v) is 8.38. The zero-order chi connectivity index (χ0) is 19.5. The molecule has 0 aromatic carbocycles. The van der Waals surface area contributed by atoms with Gasteiger partial charge in [-0.1, -0.05) is 19.1 Å². The highest BCUT2D eigenvalue weighted by atomic mass is 32.2. The van der Waals surface area contributed by atoms with Crippen LogP contribution in [0.25, 0.3) is 16.9 Å². The summed E-state index contributed by atoms with van der Waals surface area (Å²) in [5.41, 5.74) is 8.61. The van der Waals surface area contributed by atoms with Gasteiger partial charge in [-0.3, -0.25) is 9.78 Å². The minimum Gasteiger partial charge on any atom is -0.350 e. The Bertz CT molecular complexity index is 1060. The fraction of sp³-hybridized carbons (Fsp3) is 0.200. The highest BCUT2D eigenvalue weighted by Crippen LogP contribution is 2.41. The van der Waals surface area contributed by atoms with Crippen LogP contribution >= 0.6 is 10.9 Å². The minimum atomic E-state index is -0.515. The summed E-state index contributed by atoms with van der Waals surface area (Å²) in [6, 6.07) is 5.40. The second-order valence-electron chi connectivity index (χ2n) is 6.51. The molecule has 144 valence electrons. The van der Waals surface area contributed by atoms with E-state index >= 15 is 0 Å². The maximum Gasteiger partial charge on any atom is 0.251 e. The van der Waals surface area contributed by atoms with Gasteiger partial charge < -0.3 is 11.1 Å². The fourth-order valence-electron chi connectivity index (χ4n) is 2.86. The van der Waals surface area contributed by atoms with Crippen molar-refractivity contribution in [1.29, 1.82) is 0 Å². The van der Waals surface area contributed by atoms with E-state index in [1.54, 1.807) is 29.0 Å². The van der Waals surface area contributed by atoms with E-state index in [1.807, 2.05) is 31.3 Å². The van der Waals surface area contributed by atoms with E-state index < -0.39 is 10.9 Å². The van der Waals surface area contributed by atoms with Gasteiger partial charge in [0.15, 0.2) is 5.65 Å². The molecule has 3 aromatic heterocycles. The number of amides is 1. The predicted octanol–water partition coefficient (Wildman–Crippen LogP) is 2.66. The van der Waals surface area contributed by atoms with Crippen LogP contribution in [0.4, 0.5) is 0 Å². The summed E-state index contributed by atoms with van der Waals surface area (Å²) in [6.45, 7) is 2.44. The van der Waals surface area contributed by atoms with Gasteiger partial charge in [0.2, 0.25) is 0 Å². The zero-order valence-corrected chi connectivity index (χ0v) is 16.4. The lowest BCUT2D eigenvalue weighted by molar-refractivity contribution is 0.0951. The summed E-state index contributed by atoms with van der Waals surface area (Å²) in [6.07, 6.45) is 10.2. The van der Waals surface area contributed by atoms with Crippen LogP contribution in [-0.2, 0) is 0 Å². The third-order valence-electron chi connectivity index (χ3n) is 4.57. The van der Waals surface area contributed by atoms with E-state index in [4.69, 9.17) is 10.7 Å². The highest BCUT2D eigenvalue weighted by Gasteiger charge is 2.15. The van der Waals surface area contributed by atoms with E-state index in [0.29, 0.717) is 17.8 Å². The molecule has 0 aliphatic carbocycles. The molecule has 1 unspecified atom stereocenters. The zero-order valence-electron chi connectivity index (χ0n) is 15.5. The Balaban J connectivity index is 1.64. The molecule has 7 nitrogen and oxygen atoms in total. The van der Waals surface area contributed by atoms with E-state index in [0.717, 1.165) is 22.7 Å². The third kappa shape index (κ3) is 3.69. The third-order valence-corrected chi connectivity index (χ3v) is 6.34. The Morgan fingerprint density at radius 1 is 1.32 bits per heavy atom.